The Bertz CT molecular complexity index is 1290. The zero-order valence-electron chi connectivity index (χ0n) is 35.7. The molecule has 0 saturated carbocycles. The van der Waals surface area contributed by atoms with Crippen LogP contribution < -0.4 is 9.47 Å². The SMILES string of the molecule is COc1ccc(CO[C@H]2[C@H](O[Si](C(C)C)(C(C)C)C(C)C)[C@@H](C)[C@H]([C@@H](CO)OCc3ccc(OC)cc3)O[C@@H]2CO[Si](C(C)C)(C(C)C)C(C)C)cc1. The van der Waals surface area contributed by atoms with Crippen LogP contribution >= 0.6 is 0 Å². The van der Waals surface area contributed by atoms with Crippen molar-refractivity contribution in [3.8, 4) is 11.5 Å². The van der Waals surface area contributed by atoms with Crippen molar-refractivity contribution < 1.29 is 37.6 Å². The molecule has 8 nitrogen and oxygen atoms in total. The van der Waals surface area contributed by atoms with Crippen LogP contribution in [0.15, 0.2) is 48.5 Å². The smallest absolute Gasteiger partial charge is 0.200 e. The van der Waals surface area contributed by atoms with Crippen LogP contribution in [0, 0.1) is 5.92 Å². The second-order valence-corrected chi connectivity index (χ2v) is 27.9. The van der Waals surface area contributed by atoms with Crippen LogP contribution in [0.5, 0.6) is 11.5 Å². The molecule has 1 aliphatic heterocycles. The monoisotopic (exact) mass is 774 g/mol. The molecule has 3 rings (SSSR count). The van der Waals surface area contributed by atoms with Crippen molar-refractivity contribution in [2.75, 3.05) is 27.4 Å². The fraction of sp³-hybridized carbons (Fsp3) is 0.721. The lowest BCUT2D eigenvalue weighted by molar-refractivity contribution is -0.247. The van der Waals surface area contributed by atoms with Crippen molar-refractivity contribution in [1.82, 2.24) is 0 Å². The molecule has 1 heterocycles. The van der Waals surface area contributed by atoms with Crippen LogP contribution in [-0.2, 0) is 36.3 Å². The van der Waals surface area contributed by atoms with Crippen molar-refractivity contribution >= 4 is 16.6 Å². The third kappa shape index (κ3) is 10.6. The molecule has 1 fully saturated rings. The van der Waals surface area contributed by atoms with Gasteiger partial charge in [0, 0.05) is 5.92 Å². The molecule has 0 spiro atoms. The number of methoxy groups -OCH3 is 2. The highest BCUT2D eigenvalue weighted by molar-refractivity contribution is 6.78. The zero-order valence-corrected chi connectivity index (χ0v) is 37.7. The quantitative estimate of drug-likeness (QED) is 0.126. The van der Waals surface area contributed by atoms with E-state index in [0.29, 0.717) is 53.1 Å². The Labute approximate surface area is 324 Å². The third-order valence-corrected chi connectivity index (χ3v) is 24.3. The molecule has 302 valence electrons. The van der Waals surface area contributed by atoms with Crippen molar-refractivity contribution in [3.63, 3.8) is 0 Å². The van der Waals surface area contributed by atoms with Crippen LogP contribution in [0.4, 0.5) is 0 Å². The molecule has 1 saturated heterocycles. The van der Waals surface area contributed by atoms with Crippen LogP contribution in [-0.4, -0.2) is 79.7 Å². The van der Waals surface area contributed by atoms with Gasteiger partial charge >= 0.3 is 0 Å². The second-order valence-electron chi connectivity index (χ2n) is 17.0. The highest BCUT2D eigenvalue weighted by Gasteiger charge is 2.55. The maximum atomic E-state index is 10.9. The first-order chi connectivity index (χ1) is 25.0. The first-order valence-electron chi connectivity index (χ1n) is 20.1. The molecule has 0 aromatic heterocycles. The summed E-state index contributed by atoms with van der Waals surface area (Å²) in [5.74, 6) is 1.45. The molecule has 0 radical (unpaired) electrons. The van der Waals surface area contributed by atoms with Gasteiger partial charge in [-0.15, -0.1) is 0 Å². The molecule has 6 atom stereocenters. The zero-order chi connectivity index (χ0) is 39.7. The van der Waals surface area contributed by atoms with E-state index in [4.69, 9.17) is 32.5 Å². The molecule has 10 heteroatoms. The van der Waals surface area contributed by atoms with Gasteiger partial charge in [-0.3, -0.25) is 0 Å². The number of hydrogen-bond donors (Lipinski definition) is 1. The molecule has 2 aromatic rings. The van der Waals surface area contributed by atoms with E-state index in [1.54, 1.807) is 14.2 Å². The minimum absolute atomic E-state index is 0.148. The van der Waals surface area contributed by atoms with Gasteiger partial charge in [-0.2, -0.15) is 0 Å². The minimum atomic E-state index is -2.42. The van der Waals surface area contributed by atoms with Crippen LogP contribution in [0.25, 0.3) is 0 Å². The van der Waals surface area contributed by atoms with E-state index in [9.17, 15) is 5.11 Å². The molecule has 1 N–H and O–H groups in total. The number of hydrogen-bond acceptors (Lipinski definition) is 8. The van der Waals surface area contributed by atoms with E-state index < -0.39 is 41.1 Å². The average Bonchev–Trinajstić information content (AvgIpc) is 3.11. The normalized spacial score (nSPS) is 22.1. The Balaban J connectivity index is 2.14. The van der Waals surface area contributed by atoms with Gasteiger partial charge < -0.3 is 37.6 Å². The van der Waals surface area contributed by atoms with Crippen molar-refractivity contribution in [2.24, 2.45) is 5.92 Å². The molecule has 0 amide bonds. The van der Waals surface area contributed by atoms with Gasteiger partial charge in [0.2, 0.25) is 8.32 Å². The van der Waals surface area contributed by atoms with Crippen molar-refractivity contribution in [2.45, 2.75) is 167 Å². The number of rotatable bonds is 21. The molecular formula is C43H74O8Si2. The average molecular weight is 775 g/mol. The van der Waals surface area contributed by atoms with Gasteiger partial charge in [0.05, 0.1) is 52.9 Å². The van der Waals surface area contributed by atoms with Gasteiger partial charge in [-0.05, 0) is 68.6 Å². The largest absolute Gasteiger partial charge is 0.497 e. The summed E-state index contributed by atoms with van der Waals surface area (Å²) in [6.45, 7) is 30.9. The van der Waals surface area contributed by atoms with Gasteiger partial charge in [0.15, 0.2) is 8.32 Å². The topological polar surface area (TPSA) is 84.8 Å². The van der Waals surface area contributed by atoms with E-state index in [2.05, 4.69) is 102 Å². The summed E-state index contributed by atoms with van der Waals surface area (Å²) >= 11 is 0. The first-order valence-corrected chi connectivity index (χ1v) is 24.3. The van der Waals surface area contributed by atoms with Crippen LogP contribution in [0.3, 0.4) is 0 Å². The summed E-state index contributed by atoms with van der Waals surface area (Å²) < 4.78 is 46.6. The fourth-order valence-electron chi connectivity index (χ4n) is 9.50. The van der Waals surface area contributed by atoms with Gasteiger partial charge in [-0.25, -0.2) is 0 Å². The molecule has 0 aliphatic carbocycles. The summed E-state index contributed by atoms with van der Waals surface area (Å²) in [6, 6.07) is 15.9. The molecule has 53 heavy (non-hydrogen) atoms. The van der Waals surface area contributed by atoms with Crippen molar-refractivity contribution in [3.05, 3.63) is 59.7 Å². The number of aliphatic hydroxyl groups is 1. The molecule has 0 unspecified atom stereocenters. The Morgan fingerprint density at radius 2 is 1.06 bits per heavy atom. The molecule has 2 aromatic carbocycles. The van der Waals surface area contributed by atoms with Crippen molar-refractivity contribution in [1.29, 1.82) is 0 Å². The van der Waals surface area contributed by atoms with Crippen LogP contribution in [0.2, 0.25) is 33.2 Å². The summed E-state index contributed by atoms with van der Waals surface area (Å²) in [5, 5.41) is 10.9. The Hall–Kier alpha value is -1.77. The number of benzene rings is 2. The third-order valence-electron chi connectivity index (χ3n) is 12.1. The Morgan fingerprint density at radius 3 is 1.45 bits per heavy atom. The Morgan fingerprint density at radius 1 is 0.623 bits per heavy atom. The van der Waals surface area contributed by atoms with Crippen LogP contribution in [0.1, 0.15) is 101 Å². The van der Waals surface area contributed by atoms with E-state index in [-0.39, 0.29) is 18.6 Å². The maximum absolute atomic E-state index is 10.9. The standard InChI is InChI=1S/C43H74O8Si2/c1-28(2)52(29(3)4,30(5)6)49-27-40-43(48-26-36-18-22-38(46-15)23-19-36)42(51-53(31(7)8,32(9)10)33(11)12)34(13)41(50-40)39(24-44)47-25-35-16-20-37(45-14)21-17-35/h16-23,28-34,39-44H,24-27H2,1-15H3/t34-,39+,40+,41+,42+,43+/m0/s1. The lowest BCUT2D eigenvalue weighted by Crippen LogP contribution is -2.64. The maximum Gasteiger partial charge on any atom is 0.200 e. The first kappa shape index (κ1) is 45.6. The number of ether oxygens (including phenoxy) is 5. The molecule has 0 bridgehead atoms. The van der Waals surface area contributed by atoms with E-state index in [0.717, 1.165) is 22.6 Å². The summed E-state index contributed by atoms with van der Waals surface area (Å²) in [4.78, 5) is 0. The Kier molecular flexibility index (Phi) is 17.6. The molecule has 1 aliphatic rings. The van der Waals surface area contributed by atoms with Gasteiger partial charge in [0.25, 0.3) is 0 Å². The highest BCUT2D eigenvalue weighted by Crippen LogP contribution is 2.47. The summed E-state index contributed by atoms with van der Waals surface area (Å²) in [7, 11) is -1.35. The fourth-order valence-corrected chi connectivity index (χ4v) is 20.6. The van der Waals surface area contributed by atoms with Gasteiger partial charge in [0.1, 0.15) is 29.8 Å². The van der Waals surface area contributed by atoms with E-state index in [1.165, 1.54) is 0 Å². The minimum Gasteiger partial charge on any atom is -0.497 e. The number of aliphatic hydroxyl groups excluding tert-OH is 1. The highest BCUT2D eigenvalue weighted by atomic mass is 28.4. The second kappa shape index (κ2) is 20.4. The predicted molar refractivity (Wildman–Crippen MR) is 221 cm³/mol. The van der Waals surface area contributed by atoms with E-state index in [1.807, 2.05) is 36.4 Å². The molecular weight excluding hydrogens is 701 g/mol. The van der Waals surface area contributed by atoms with E-state index >= 15 is 0 Å². The lowest BCUT2D eigenvalue weighted by atomic mass is 9.85. The summed E-state index contributed by atoms with van der Waals surface area (Å²) in [6.07, 6.45) is -2.21. The lowest BCUT2D eigenvalue weighted by Gasteiger charge is -2.53. The predicted octanol–water partition coefficient (Wildman–Crippen LogP) is 10.3. The van der Waals surface area contributed by atoms with Gasteiger partial charge in [-0.1, -0.05) is 114 Å². The summed E-state index contributed by atoms with van der Waals surface area (Å²) in [5.41, 5.74) is 4.38.